The van der Waals surface area contributed by atoms with Gasteiger partial charge in [0, 0.05) is 32.9 Å². The number of rotatable bonds is 4. The molecule has 274 valence electrons. The lowest BCUT2D eigenvalue weighted by molar-refractivity contribution is 0.591. The third-order valence-corrected chi connectivity index (χ3v) is 12.6. The van der Waals surface area contributed by atoms with E-state index in [0.717, 1.165) is 11.4 Å². The Bertz CT molecular complexity index is 3240. The van der Waals surface area contributed by atoms with Gasteiger partial charge in [-0.2, -0.15) is 0 Å². The van der Waals surface area contributed by atoms with Crippen LogP contribution in [0.4, 0.5) is 0 Å². The first-order chi connectivity index (χ1) is 28.4. The maximum Gasteiger partial charge on any atom is 0.0541 e. The van der Waals surface area contributed by atoms with E-state index in [1.54, 1.807) is 0 Å². The van der Waals surface area contributed by atoms with Crippen LogP contribution in [0, 0.1) is 0 Å². The van der Waals surface area contributed by atoms with E-state index in [0.29, 0.717) is 0 Å². The summed E-state index contributed by atoms with van der Waals surface area (Å²) in [6.07, 6.45) is 0. The summed E-state index contributed by atoms with van der Waals surface area (Å²) >= 11 is 0. The third kappa shape index (κ3) is 4.79. The molecule has 0 unspecified atom stereocenters. The highest BCUT2D eigenvalue weighted by Crippen LogP contribution is 2.46. The highest BCUT2D eigenvalue weighted by molar-refractivity contribution is 6.28. The second-order valence-corrected chi connectivity index (χ2v) is 17.0. The highest BCUT2D eigenvalue weighted by atomic mass is 15.0. The van der Waals surface area contributed by atoms with Crippen molar-refractivity contribution >= 4 is 75.9 Å². The molecule has 0 amide bonds. The summed E-state index contributed by atoms with van der Waals surface area (Å²) in [5.74, 6) is 0. The molecule has 0 aliphatic carbocycles. The molecule has 0 radical (unpaired) electrons. The van der Waals surface area contributed by atoms with Gasteiger partial charge in [0.05, 0.1) is 22.1 Å². The Morgan fingerprint density at radius 3 is 1.05 bits per heavy atom. The number of aromatic nitrogens is 2. The zero-order chi connectivity index (χ0) is 38.7. The van der Waals surface area contributed by atoms with Gasteiger partial charge in [0.15, 0.2) is 0 Å². The fraction of sp³-hybridized carbons (Fsp3) is 0.0714. The maximum atomic E-state index is 2.44. The Balaban J connectivity index is 1.07. The molecule has 0 saturated carbocycles. The standard InChI is InChI=1S/C56H40N2/c1-56(2,3)39-32-37-24-30-46-48(35-20-26-40(27-21-35)57-50-16-8-4-12-42(50)43-13-5-9-17-51(43)57)34-49(47-31-25-38(33-39)54(37)55(46)47)36-22-28-41(29-23-36)58-52-18-10-6-14-44(52)45-15-7-11-19-53(45)58/h4-34H,1-3H3. The van der Waals surface area contributed by atoms with Gasteiger partial charge in [0.25, 0.3) is 0 Å². The van der Waals surface area contributed by atoms with Gasteiger partial charge in [-0.25, -0.2) is 0 Å². The lowest BCUT2D eigenvalue weighted by Crippen LogP contribution is -2.10. The van der Waals surface area contributed by atoms with Crippen molar-refractivity contribution in [3.63, 3.8) is 0 Å². The van der Waals surface area contributed by atoms with Gasteiger partial charge in [0.1, 0.15) is 0 Å². The first kappa shape index (κ1) is 33.0. The van der Waals surface area contributed by atoms with Crippen LogP contribution in [0.1, 0.15) is 26.3 Å². The molecule has 0 fully saturated rings. The Labute approximate surface area is 337 Å². The first-order valence-corrected chi connectivity index (χ1v) is 20.3. The first-order valence-electron chi connectivity index (χ1n) is 20.3. The van der Waals surface area contributed by atoms with Crippen molar-refractivity contribution in [2.24, 2.45) is 0 Å². The van der Waals surface area contributed by atoms with Crippen molar-refractivity contribution in [2.75, 3.05) is 0 Å². The molecule has 10 aromatic carbocycles. The summed E-state index contributed by atoms with van der Waals surface area (Å²) < 4.78 is 4.80. The molecular formula is C56H40N2. The van der Waals surface area contributed by atoms with Crippen LogP contribution in [0.3, 0.4) is 0 Å². The maximum absolute atomic E-state index is 2.44. The lowest BCUT2D eigenvalue weighted by Gasteiger charge is -2.23. The van der Waals surface area contributed by atoms with Crippen LogP contribution in [-0.4, -0.2) is 9.13 Å². The van der Waals surface area contributed by atoms with Crippen molar-refractivity contribution < 1.29 is 0 Å². The predicted octanol–water partition coefficient (Wildman–Crippen LogP) is 15.4. The van der Waals surface area contributed by atoms with Crippen LogP contribution in [0.15, 0.2) is 188 Å². The number of benzene rings is 10. The smallest absolute Gasteiger partial charge is 0.0541 e. The SMILES string of the molecule is CC(C)(C)c1cc2ccc3c(-c4ccc(-n5c6ccccc6c6ccccc65)cc4)cc(-c4ccc(-n5c6ccccc6c6ccccc65)cc4)c4ccc(c1)c2c34. The molecule has 0 N–H and O–H groups in total. The molecular weight excluding hydrogens is 701 g/mol. The lowest BCUT2D eigenvalue weighted by atomic mass is 9.81. The Morgan fingerprint density at radius 1 is 0.328 bits per heavy atom. The highest BCUT2D eigenvalue weighted by Gasteiger charge is 2.21. The summed E-state index contributed by atoms with van der Waals surface area (Å²) in [7, 11) is 0. The van der Waals surface area contributed by atoms with Crippen LogP contribution in [0.25, 0.3) is 110 Å². The number of nitrogens with zero attached hydrogens (tertiary/aromatic N) is 2. The molecule has 2 nitrogen and oxygen atoms in total. The number of fused-ring (bicyclic) bond motifs is 6. The fourth-order valence-electron chi connectivity index (χ4n) is 9.81. The summed E-state index contributed by atoms with van der Waals surface area (Å²) in [5.41, 5.74) is 13.5. The van der Waals surface area contributed by atoms with E-state index in [-0.39, 0.29) is 5.41 Å². The number of para-hydroxylation sites is 4. The average molecular weight is 741 g/mol. The molecule has 58 heavy (non-hydrogen) atoms. The normalized spacial score (nSPS) is 12.4. The molecule has 2 heterocycles. The minimum absolute atomic E-state index is 0.0526. The van der Waals surface area contributed by atoms with Crippen molar-refractivity contribution in [2.45, 2.75) is 26.2 Å². The van der Waals surface area contributed by atoms with E-state index >= 15 is 0 Å². The topological polar surface area (TPSA) is 9.86 Å². The van der Waals surface area contributed by atoms with E-state index < -0.39 is 0 Å². The number of hydrogen-bond acceptors (Lipinski definition) is 0. The molecule has 12 rings (SSSR count). The second kappa shape index (κ2) is 12.2. The molecule has 2 aromatic heterocycles. The number of hydrogen-bond donors (Lipinski definition) is 0. The summed E-state index contributed by atoms with van der Waals surface area (Å²) in [4.78, 5) is 0. The quantitative estimate of drug-likeness (QED) is 0.159. The van der Waals surface area contributed by atoms with Crippen LogP contribution in [0.2, 0.25) is 0 Å². The Morgan fingerprint density at radius 2 is 0.690 bits per heavy atom. The molecule has 0 aliphatic heterocycles. The predicted molar refractivity (Wildman–Crippen MR) is 248 cm³/mol. The van der Waals surface area contributed by atoms with Crippen LogP contribution < -0.4 is 0 Å². The van der Waals surface area contributed by atoms with Gasteiger partial charge in [-0.05, 0) is 120 Å². The van der Waals surface area contributed by atoms with E-state index in [1.165, 1.54) is 104 Å². The molecule has 0 bridgehead atoms. The van der Waals surface area contributed by atoms with E-state index in [4.69, 9.17) is 0 Å². The summed E-state index contributed by atoms with van der Waals surface area (Å²) in [5, 5.41) is 12.9. The zero-order valence-corrected chi connectivity index (χ0v) is 32.8. The molecule has 0 spiro atoms. The van der Waals surface area contributed by atoms with Gasteiger partial charge < -0.3 is 9.13 Å². The monoisotopic (exact) mass is 740 g/mol. The van der Waals surface area contributed by atoms with E-state index in [1.807, 2.05) is 0 Å². The van der Waals surface area contributed by atoms with Crippen LogP contribution in [0.5, 0.6) is 0 Å². The van der Waals surface area contributed by atoms with Gasteiger partial charge in [-0.3, -0.25) is 0 Å². The minimum atomic E-state index is 0.0526. The Hall–Kier alpha value is -7.16. The van der Waals surface area contributed by atoms with Crippen molar-refractivity contribution in [1.82, 2.24) is 9.13 Å². The van der Waals surface area contributed by atoms with Crippen molar-refractivity contribution in [1.29, 1.82) is 0 Å². The Kier molecular flexibility index (Phi) is 6.93. The molecule has 0 saturated heterocycles. The summed E-state index contributed by atoms with van der Waals surface area (Å²) in [6, 6.07) is 70.0. The molecule has 2 heteroatoms. The van der Waals surface area contributed by atoms with Gasteiger partial charge in [0.2, 0.25) is 0 Å². The molecule has 0 aliphatic rings. The molecule has 0 atom stereocenters. The van der Waals surface area contributed by atoms with Crippen LogP contribution >= 0.6 is 0 Å². The summed E-state index contributed by atoms with van der Waals surface area (Å²) in [6.45, 7) is 6.92. The van der Waals surface area contributed by atoms with E-state index in [9.17, 15) is 0 Å². The van der Waals surface area contributed by atoms with Crippen LogP contribution in [-0.2, 0) is 5.41 Å². The van der Waals surface area contributed by atoms with Crippen molar-refractivity contribution in [3.8, 4) is 33.6 Å². The zero-order valence-electron chi connectivity index (χ0n) is 32.8. The van der Waals surface area contributed by atoms with Crippen molar-refractivity contribution in [3.05, 3.63) is 194 Å². The van der Waals surface area contributed by atoms with Gasteiger partial charge >= 0.3 is 0 Å². The fourth-order valence-corrected chi connectivity index (χ4v) is 9.81. The largest absolute Gasteiger partial charge is 0.309 e. The second-order valence-electron chi connectivity index (χ2n) is 17.0. The molecule has 12 aromatic rings. The van der Waals surface area contributed by atoms with Gasteiger partial charge in [-0.15, -0.1) is 0 Å². The van der Waals surface area contributed by atoms with Gasteiger partial charge in [-0.1, -0.05) is 154 Å². The van der Waals surface area contributed by atoms with E-state index in [2.05, 4.69) is 218 Å². The third-order valence-electron chi connectivity index (χ3n) is 12.6. The average Bonchev–Trinajstić information content (AvgIpc) is 3.78. The minimum Gasteiger partial charge on any atom is -0.309 e.